The number of hydrogen-bond donors (Lipinski definition) is 2. The first-order valence-corrected chi connectivity index (χ1v) is 11.0. The van der Waals surface area contributed by atoms with Crippen LogP contribution in [0.4, 0.5) is 0 Å². The molecule has 0 saturated heterocycles. The molecule has 2 N–H and O–H groups in total. The molecule has 2 heterocycles. The van der Waals surface area contributed by atoms with E-state index >= 15 is 0 Å². The summed E-state index contributed by atoms with van der Waals surface area (Å²) in [6, 6.07) is 16.4. The van der Waals surface area contributed by atoms with Crippen molar-refractivity contribution in [2.45, 2.75) is 39.2 Å². The first kappa shape index (κ1) is 20.8. The fourth-order valence-electron chi connectivity index (χ4n) is 4.55. The van der Waals surface area contributed by atoms with Crippen molar-refractivity contribution in [3.63, 3.8) is 0 Å². The van der Waals surface area contributed by atoms with E-state index in [0.717, 1.165) is 70.7 Å². The molecule has 4 aromatic rings. The number of imidazole rings is 1. The van der Waals surface area contributed by atoms with Crippen molar-refractivity contribution < 1.29 is 9.90 Å². The molecule has 0 unspecified atom stereocenters. The summed E-state index contributed by atoms with van der Waals surface area (Å²) in [6.45, 7) is 2.63. The van der Waals surface area contributed by atoms with Gasteiger partial charge in [0.05, 0.1) is 11.4 Å². The summed E-state index contributed by atoms with van der Waals surface area (Å²) in [5.74, 6) is 0.557. The molecule has 5 rings (SSSR count). The predicted octanol–water partition coefficient (Wildman–Crippen LogP) is 4.28. The summed E-state index contributed by atoms with van der Waals surface area (Å²) in [5, 5.41) is 23.8. The molecular weight excluding hydrogens is 416 g/mol. The van der Waals surface area contributed by atoms with E-state index in [4.69, 9.17) is 4.98 Å². The number of benzene rings is 2. The molecule has 0 amide bonds. The van der Waals surface area contributed by atoms with Crippen LogP contribution in [-0.2, 0) is 17.8 Å². The zero-order valence-corrected chi connectivity index (χ0v) is 18.3. The number of fused-ring (bicyclic) bond motifs is 1. The van der Waals surface area contributed by atoms with Crippen LogP contribution in [-0.4, -0.2) is 41.3 Å². The van der Waals surface area contributed by atoms with E-state index in [1.54, 1.807) is 0 Å². The normalized spacial score (nSPS) is 14.8. The molecule has 33 heavy (non-hydrogen) atoms. The Morgan fingerprint density at radius 1 is 1.09 bits per heavy atom. The SMILES string of the molecule is Cc1nc2c(n1Cc1ccc(-c3ccccc3-c3nn[nH]n3)cc1)/C(=C/C(=O)O)CCCC2. The molecule has 0 aliphatic heterocycles. The second-order valence-electron chi connectivity index (χ2n) is 8.23. The van der Waals surface area contributed by atoms with E-state index in [1.165, 1.54) is 6.08 Å². The quantitative estimate of drug-likeness (QED) is 0.354. The number of carbonyl (C=O) groups is 1. The van der Waals surface area contributed by atoms with Crippen LogP contribution in [0.25, 0.3) is 28.1 Å². The zero-order valence-electron chi connectivity index (χ0n) is 18.3. The maximum Gasteiger partial charge on any atom is 0.328 e. The molecule has 1 aliphatic carbocycles. The summed E-state index contributed by atoms with van der Waals surface area (Å²) >= 11 is 0. The molecule has 2 aromatic heterocycles. The van der Waals surface area contributed by atoms with E-state index in [1.807, 2.05) is 31.2 Å². The first-order chi connectivity index (χ1) is 16.1. The summed E-state index contributed by atoms with van der Waals surface area (Å²) in [5.41, 5.74) is 6.97. The third-order valence-corrected chi connectivity index (χ3v) is 6.06. The van der Waals surface area contributed by atoms with Gasteiger partial charge >= 0.3 is 5.97 Å². The number of aromatic nitrogens is 6. The van der Waals surface area contributed by atoms with Gasteiger partial charge in [-0.15, -0.1) is 10.2 Å². The fourth-order valence-corrected chi connectivity index (χ4v) is 4.55. The lowest BCUT2D eigenvalue weighted by Gasteiger charge is -2.14. The average molecular weight is 441 g/mol. The minimum atomic E-state index is -0.909. The average Bonchev–Trinajstić information content (AvgIpc) is 3.40. The van der Waals surface area contributed by atoms with Gasteiger partial charge in [-0.2, -0.15) is 5.21 Å². The number of aliphatic carboxylic acids is 1. The second kappa shape index (κ2) is 8.82. The van der Waals surface area contributed by atoms with Crippen molar-refractivity contribution in [3.8, 4) is 22.5 Å². The summed E-state index contributed by atoms with van der Waals surface area (Å²) in [6.07, 6.45) is 4.99. The van der Waals surface area contributed by atoms with Gasteiger partial charge in [0.1, 0.15) is 5.82 Å². The van der Waals surface area contributed by atoms with E-state index in [0.29, 0.717) is 12.4 Å². The highest BCUT2D eigenvalue weighted by molar-refractivity contribution is 5.90. The van der Waals surface area contributed by atoms with E-state index < -0.39 is 5.97 Å². The zero-order chi connectivity index (χ0) is 22.8. The summed E-state index contributed by atoms with van der Waals surface area (Å²) in [4.78, 5) is 16.2. The van der Waals surface area contributed by atoms with Crippen molar-refractivity contribution in [3.05, 3.63) is 77.4 Å². The Kier molecular flexibility index (Phi) is 5.56. The molecule has 0 radical (unpaired) electrons. The Morgan fingerprint density at radius 3 is 2.58 bits per heavy atom. The lowest BCUT2D eigenvalue weighted by atomic mass is 9.98. The molecule has 0 bridgehead atoms. The largest absolute Gasteiger partial charge is 0.478 e. The van der Waals surface area contributed by atoms with Gasteiger partial charge in [0.15, 0.2) is 0 Å². The molecular formula is C25H24N6O2. The Bertz CT molecular complexity index is 1320. The smallest absolute Gasteiger partial charge is 0.328 e. The molecule has 1 aliphatic rings. The minimum Gasteiger partial charge on any atom is -0.478 e. The topological polar surface area (TPSA) is 110 Å². The van der Waals surface area contributed by atoms with Gasteiger partial charge in [-0.1, -0.05) is 48.5 Å². The van der Waals surface area contributed by atoms with Gasteiger partial charge in [-0.05, 0) is 60.1 Å². The molecule has 8 nitrogen and oxygen atoms in total. The Morgan fingerprint density at radius 2 is 1.85 bits per heavy atom. The summed E-state index contributed by atoms with van der Waals surface area (Å²) < 4.78 is 2.15. The van der Waals surface area contributed by atoms with Crippen molar-refractivity contribution in [2.24, 2.45) is 0 Å². The standard InChI is InChI=1S/C25H24N6O2/c1-16-26-22-9-5-2-6-19(14-23(32)33)24(22)31(16)15-17-10-12-18(13-11-17)20-7-3-4-8-21(20)25-27-29-30-28-25/h3-4,7-8,10-14H,2,5-6,9,15H2,1H3,(H,32,33)(H,27,28,29,30)/b19-14+. The van der Waals surface area contributed by atoms with Crippen LogP contribution in [0, 0.1) is 6.92 Å². The van der Waals surface area contributed by atoms with Crippen LogP contribution in [0.15, 0.2) is 54.6 Å². The number of hydrogen-bond acceptors (Lipinski definition) is 5. The lowest BCUT2D eigenvalue weighted by Crippen LogP contribution is -2.07. The van der Waals surface area contributed by atoms with E-state index in [9.17, 15) is 9.90 Å². The van der Waals surface area contributed by atoms with Crippen LogP contribution >= 0.6 is 0 Å². The summed E-state index contributed by atoms with van der Waals surface area (Å²) in [7, 11) is 0. The monoisotopic (exact) mass is 440 g/mol. The van der Waals surface area contributed by atoms with Gasteiger partial charge in [0, 0.05) is 18.2 Å². The number of H-pyrrole nitrogens is 1. The molecule has 0 saturated carbocycles. The van der Waals surface area contributed by atoms with Gasteiger partial charge in [-0.3, -0.25) is 0 Å². The van der Waals surface area contributed by atoms with Gasteiger partial charge in [0.25, 0.3) is 0 Å². The molecule has 8 heteroatoms. The highest BCUT2D eigenvalue weighted by atomic mass is 16.4. The number of aromatic amines is 1. The van der Waals surface area contributed by atoms with Gasteiger partial charge < -0.3 is 9.67 Å². The minimum absolute atomic E-state index is 0.559. The number of nitrogens with zero attached hydrogens (tertiary/aromatic N) is 5. The third kappa shape index (κ3) is 4.19. The fraction of sp³-hybridized carbons (Fsp3) is 0.240. The second-order valence-corrected chi connectivity index (χ2v) is 8.23. The number of tetrazole rings is 1. The lowest BCUT2D eigenvalue weighted by molar-refractivity contribution is -0.131. The number of nitrogens with one attached hydrogen (secondary N) is 1. The van der Waals surface area contributed by atoms with Crippen LogP contribution in [0.1, 0.15) is 42.0 Å². The third-order valence-electron chi connectivity index (χ3n) is 6.06. The van der Waals surface area contributed by atoms with Crippen molar-refractivity contribution in [2.75, 3.05) is 0 Å². The first-order valence-electron chi connectivity index (χ1n) is 11.0. The molecule has 0 spiro atoms. The maximum atomic E-state index is 11.4. The van der Waals surface area contributed by atoms with Crippen LogP contribution in [0.3, 0.4) is 0 Å². The highest BCUT2D eigenvalue weighted by Crippen LogP contribution is 2.32. The van der Waals surface area contributed by atoms with E-state index in [2.05, 4.69) is 49.5 Å². The molecule has 0 atom stereocenters. The predicted molar refractivity (Wildman–Crippen MR) is 124 cm³/mol. The number of allylic oxidation sites excluding steroid dienone is 1. The number of carboxylic acids is 1. The van der Waals surface area contributed by atoms with Crippen molar-refractivity contribution in [1.29, 1.82) is 0 Å². The van der Waals surface area contributed by atoms with Gasteiger partial charge in [0.2, 0.25) is 5.82 Å². The van der Waals surface area contributed by atoms with Gasteiger partial charge in [-0.25, -0.2) is 9.78 Å². The number of carboxylic acid groups (broad SMARTS) is 1. The molecule has 166 valence electrons. The van der Waals surface area contributed by atoms with Crippen LogP contribution in [0.2, 0.25) is 0 Å². The molecule has 2 aromatic carbocycles. The number of rotatable bonds is 5. The maximum absolute atomic E-state index is 11.4. The van der Waals surface area contributed by atoms with E-state index in [-0.39, 0.29) is 0 Å². The number of aryl methyl sites for hydroxylation is 2. The Hall–Kier alpha value is -4.07. The molecule has 0 fully saturated rings. The highest BCUT2D eigenvalue weighted by Gasteiger charge is 2.22. The van der Waals surface area contributed by atoms with Crippen LogP contribution < -0.4 is 0 Å². The van der Waals surface area contributed by atoms with Crippen LogP contribution in [0.5, 0.6) is 0 Å². The Balaban J connectivity index is 1.48. The van der Waals surface area contributed by atoms with Crippen molar-refractivity contribution in [1.82, 2.24) is 30.2 Å². The van der Waals surface area contributed by atoms with Crippen molar-refractivity contribution >= 4 is 11.5 Å². The Labute approximate surface area is 191 Å².